The van der Waals surface area contributed by atoms with Gasteiger partial charge in [-0.05, 0) is 38.6 Å². The van der Waals surface area contributed by atoms with Crippen LogP contribution in [0.15, 0.2) is 0 Å². The second-order valence-electron chi connectivity index (χ2n) is 5.44. The lowest BCUT2D eigenvalue weighted by Gasteiger charge is -2.29. The summed E-state index contributed by atoms with van der Waals surface area (Å²) in [5.41, 5.74) is -0.776. The first-order chi connectivity index (χ1) is 9.63. The zero-order valence-corrected chi connectivity index (χ0v) is 13.5. The summed E-state index contributed by atoms with van der Waals surface area (Å²) in [4.78, 5) is 11.5. The molecule has 0 rings (SSSR count). The molecule has 0 heterocycles. The number of unbranched alkanes of at least 4 members (excludes halogenated alkanes) is 3. The van der Waals surface area contributed by atoms with Crippen LogP contribution in [0.4, 0.5) is 0 Å². The molecule has 0 bridgehead atoms. The summed E-state index contributed by atoms with van der Waals surface area (Å²) in [6.07, 6.45) is 7.82. The van der Waals surface area contributed by atoms with Crippen LogP contribution >= 0.6 is 0 Å². The normalized spacial score (nSPS) is 14.2. The number of carbonyl (C=O) groups is 1. The van der Waals surface area contributed by atoms with Crippen LogP contribution < -0.4 is 5.32 Å². The highest BCUT2D eigenvalue weighted by molar-refractivity contribution is 5.78. The first-order valence-corrected chi connectivity index (χ1v) is 8.19. The van der Waals surface area contributed by atoms with E-state index in [4.69, 9.17) is 4.74 Å². The standard InChI is InChI=1S/C16H33NO3/c1-4-7-8-9-13-20-14-10-11-16(6-3,15(18)19)17-12-5-2/h17H,4-14H2,1-3H3,(H,18,19). The minimum atomic E-state index is -0.776. The van der Waals surface area contributed by atoms with Crippen molar-refractivity contribution in [3.05, 3.63) is 0 Å². The molecule has 0 fully saturated rings. The van der Waals surface area contributed by atoms with E-state index in [1.54, 1.807) is 0 Å². The van der Waals surface area contributed by atoms with Gasteiger partial charge in [-0.2, -0.15) is 0 Å². The first kappa shape index (κ1) is 19.4. The molecule has 0 aromatic heterocycles. The molecule has 1 unspecified atom stereocenters. The van der Waals surface area contributed by atoms with Crippen molar-refractivity contribution < 1.29 is 14.6 Å². The minimum absolute atomic E-state index is 0.610. The summed E-state index contributed by atoms with van der Waals surface area (Å²) < 4.78 is 5.58. The fourth-order valence-corrected chi connectivity index (χ4v) is 2.30. The topological polar surface area (TPSA) is 58.6 Å². The summed E-state index contributed by atoms with van der Waals surface area (Å²) >= 11 is 0. The van der Waals surface area contributed by atoms with Gasteiger partial charge in [-0.25, -0.2) is 0 Å². The van der Waals surface area contributed by atoms with Crippen molar-refractivity contribution in [1.29, 1.82) is 0 Å². The average molecular weight is 287 g/mol. The monoisotopic (exact) mass is 287 g/mol. The third kappa shape index (κ3) is 7.85. The third-order valence-corrected chi connectivity index (χ3v) is 3.76. The Labute approximate surface area is 124 Å². The molecule has 0 aliphatic rings. The fraction of sp³-hybridized carbons (Fsp3) is 0.938. The Morgan fingerprint density at radius 2 is 1.75 bits per heavy atom. The highest BCUT2D eigenvalue weighted by Gasteiger charge is 2.35. The number of carboxylic acids is 1. The summed E-state index contributed by atoms with van der Waals surface area (Å²) in [7, 11) is 0. The lowest BCUT2D eigenvalue weighted by Crippen LogP contribution is -2.52. The van der Waals surface area contributed by atoms with E-state index in [1.807, 2.05) is 6.92 Å². The maximum Gasteiger partial charge on any atom is 0.323 e. The molecule has 0 aromatic carbocycles. The SMILES string of the molecule is CCCCCCOCCCC(CC)(NCCC)C(=O)O. The number of hydrogen-bond acceptors (Lipinski definition) is 3. The Bertz CT molecular complexity index is 246. The molecule has 1 atom stereocenters. The summed E-state index contributed by atoms with van der Waals surface area (Å²) in [6.45, 7) is 8.39. The fourth-order valence-electron chi connectivity index (χ4n) is 2.30. The van der Waals surface area contributed by atoms with E-state index >= 15 is 0 Å². The van der Waals surface area contributed by atoms with Crippen molar-refractivity contribution in [2.75, 3.05) is 19.8 Å². The van der Waals surface area contributed by atoms with E-state index in [9.17, 15) is 9.90 Å². The molecule has 4 nitrogen and oxygen atoms in total. The summed E-state index contributed by atoms with van der Waals surface area (Å²) in [6, 6.07) is 0. The maximum atomic E-state index is 11.5. The molecule has 0 saturated carbocycles. The van der Waals surface area contributed by atoms with Gasteiger partial charge in [0.25, 0.3) is 0 Å². The molecule has 0 saturated heterocycles. The van der Waals surface area contributed by atoms with Crippen molar-refractivity contribution >= 4 is 5.97 Å². The predicted molar refractivity (Wildman–Crippen MR) is 83.1 cm³/mol. The molecule has 0 radical (unpaired) electrons. The molecule has 20 heavy (non-hydrogen) atoms. The van der Waals surface area contributed by atoms with Crippen LogP contribution in [0.1, 0.15) is 72.1 Å². The molecule has 120 valence electrons. The molecule has 4 heteroatoms. The molecular formula is C16H33NO3. The molecule has 0 aliphatic heterocycles. The number of nitrogens with one attached hydrogen (secondary N) is 1. The van der Waals surface area contributed by atoms with E-state index in [1.165, 1.54) is 19.3 Å². The van der Waals surface area contributed by atoms with E-state index in [0.29, 0.717) is 19.4 Å². The highest BCUT2D eigenvalue weighted by atomic mass is 16.5. The molecular weight excluding hydrogens is 254 g/mol. The van der Waals surface area contributed by atoms with Crippen LogP contribution in [0.2, 0.25) is 0 Å². The molecule has 0 amide bonds. The smallest absolute Gasteiger partial charge is 0.323 e. The van der Waals surface area contributed by atoms with Crippen LogP contribution in [0.5, 0.6) is 0 Å². The van der Waals surface area contributed by atoms with E-state index in [2.05, 4.69) is 19.2 Å². The number of rotatable bonds is 14. The second kappa shape index (κ2) is 12.2. The zero-order valence-electron chi connectivity index (χ0n) is 13.5. The lowest BCUT2D eigenvalue weighted by atomic mass is 9.90. The Kier molecular flexibility index (Phi) is 11.8. The molecule has 0 aliphatic carbocycles. The summed E-state index contributed by atoms with van der Waals surface area (Å²) in [5, 5.41) is 12.6. The van der Waals surface area contributed by atoms with Crippen LogP contribution in [0, 0.1) is 0 Å². The van der Waals surface area contributed by atoms with E-state index < -0.39 is 11.5 Å². The van der Waals surface area contributed by atoms with Crippen molar-refractivity contribution in [3.8, 4) is 0 Å². The van der Waals surface area contributed by atoms with Gasteiger partial charge in [0.1, 0.15) is 5.54 Å². The predicted octanol–water partition coefficient (Wildman–Crippen LogP) is 3.60. The second-order valence-corrected chi connectivity index (χ2v) is 5.44. The van der Waals surface area contributed by atoms with Crippen LogP contribution in [-0.4, -0.2) is 36.4 Å². The van der Waals surface area contributed by atoms with Gasteiger partial charge in [0, 0.05) is 13.2 Å². The first-order valence-electron chi connectivity index (χ1n) is 8.19. The van der Waals surface area contributed by atoms with Crippen LogP contribution in [-0.2, 0) is 9.53 Å². The van der Waals surface area contributed by atoms with Gasteiger partial charge in [-0.3, -0.25) is 4.79 Å². The Balaban J connectivity index is 3.87. The quantitative estimate of drug-likeness (QED) is 0.479. The maximum absolute atomic E-state index is 11.5. The van der Waals surface area contributed by atoms with Gasteiger partial charge in [0.15, 0.2) is 0 Å². The Hall–Kier alpha value is -0.610. The van der Waals surface area contributed by atoms with Gasteiger partial charge < -0.3 is 15.2 Å². The highest BCUT2D eigenvalue weighted by Crippen LogP contribution is 2.18. The van der Waals surface area contributed by atoms with Gasteiger partial charge in [0.2, 0.25) is 0 Å². The molecule has 0 spiro atoms. The largest absolute Gasteiger partial charge is 0.480 e. The zero-order chi connectivity index (χ0) is 15.3. The Morgan fingerprint density at radius 3 is 2.30 bits per heavy atom. The van der Waals surface area contributed by atoms with Crippen molar-refractivity contribution in [2.24, 2.45) is 0 Å². The Morgan fingerprint density at radius 1 is 1.05 bits per heavy atom. The van der Waals surface area contributed by atoms with E-state index in [-0.39, 0.29) is 0 Å². The number of carboxylic acid groups (broad SMARTS) is 1. The number of aliphatic carboxylic acids is 1. The lowest BCUT2D eigenvalue weighted by molar-refractivity contribution is -0.145. The van der Waals surface area contributed by atoms with Gasteiger partial charge in [0.05, 0.1) is 0 Å². The minimum Gasteiger partial charge on any atom is -0.480 e. The average Bonchev–Trinajstić information content (AvgIpc) is 2.45. The van der Waals surface area contributed by atoms with Crippen molar-refractivity contribution in [3.63, 3.8) is 0 Å². The summed E-state index contributed by atoms with van der Waals surface area (Å²) in [5.74, 6) is -0.739. The number of hydrogen-bond donors (Lipinski definition) is 2. The number of ether oxygens (including phenoxy) is 1. The van der Waals surface area contributed by atoms with Crippen molar-refractivity contribution in [2.45, 2.75) is 77.7 Å². The van der Waals surface area contributed by atoms with Crippen LogP contribution in [0.3, 0.4) is 0 Å². The van der Waals surface area contributed by atoms with Gasteiger partial charge in [-0.15, -0.1) is 0 Å². The van der Waals surface area contributed by atoms with Gasteiger partial charge >= 0.3 is 5.97 Å². The molecule has 2 N–H and O–H groups in total. The van der Waals surface area contributed by atoms with Gasteiger partial charge in [-0.1, -0.05) is 40.0 Å². The van der Waals surface area contributed by atoms with Crippen molar-refractivity contribution in [1.82, 2.24) is 5.32 Å². The van der Waals surface area contributed by atoms with E-state index in [0.717, 1.165) is 32.4 Å². The third-order valence-electron chi connectivity index (χ3n) is 3.76. The van der Waals surface area contributed by atoms with Crippen LogP contribution in [0.25, 0.3) is 0 Å². The molecule has 0 aromatic rings.